The van der Waals surface area contributed by atoms with Gasteiger partial charge in [0, 0.05) is 30.3 Å². The molecule has 8 atom stereocenters. The average Bonchev–Trinajstić information content (AvgIpc) is 3.33. The maximum atomic E-state index is 17.5. The van der Waals surface area contributed by atoms with Gasteiger partial charge in [-0.3, -0.25) is 9.59 Å². The van der Waals surface area contributed by atoms with Crippen molar-refractivity contribution in [2.75, 3.05) is 46.8 Å². The van der Waals surface area contributed by atoms with Crippen LogP contribution in [0.4, 0.5) is 4.39 Å². The van der Waals surface area contributed by atoms with E-state index < -0.39 is 64.4 Å². The van der Waals surface area contributed by atoms with Crippen molar-refractivity contribution in [3.63, 3.8) is 0 Å². The molecule has 3 fully saturated rings. The molecule has 0 radical (unpaired) electrons. The molecule has 4 aliphatic carbocycles. The summed E-state index contributed by atoms with van der Waals surface area (Å²) in [5, 5.41) is 11.7. The van der Waals surface area contributed by atoms with Crippen LogP contribution < -0.4 is 0 Å². The molecule has 1 heterocycles. The lowest BCUT2D eigenvalue weighted by Crippen LogP contribution is -2.69. The minimum absolute atomic E-state index is 0.0584. The Morgan fingerprint density at radius 2 is 1.79 bits per heavy atom. The molecule has 42 heavy (non-hydrogen) atoms. The summed E-state index contributed by atoms with van der Waals surface area (Å²) in [5.41, 5.74) is -5.08. The molecular formula is C31H43FO10. The molecule has 11 heteroatoms. The van der Waals surface area contributed by atoms with E-state index in [2.05, 4.69) is 0 Å². The van der Waals surface area contributed by atoms with E-state index in [9.17, 15) is 19.5 Å². The first-order chi connectivity index (χ1) is 19.7. The van der Waals surface area contributed by atoms with Gasteiger partial charge in [0.05, 0.1) is 38.6 Å². The van der Waals surface area contributed by atoms with E-state index in [4.69, 9.17) is 28.4 Å². The average molecular weight is 595 g/mol. The molecule has 0 aromatic heterocycles. The first-order valence-electron chi connectivity index (χ1n) is 14.7. The topological polar surface area (TPSA) is 127 Å². The van der Waals surface area contributed by atoms with Gasteiger partial charge in [-0.25, -0.2) is 9.18 Å². The van der Waals surface area contributed by atoms with Crippen molar-refractivity contribution < 1.29 is 52.3 Å². The summed E-state index contributed by atoms with van der Waals surface area (Å²) in [4.78, 5) is 38.6. The Hall–Kier alpha value is -2.02. The van der Waals surface area contributed by atoms with Gasteiger partial charge < -0.3 is 33.5 Å². The van der Waals surface area contributed by atoms with Crippen molar-refractivity contribution >= 4 is 17.5 Å². The molecule has 2 saturated carbocycles. The fraction of sp³-hybridized carbons (Fsp3) is 0.774. The van der Waals surface area contributed by atoms with E-state index >= 15 is 4.39 Å². The summed E-state index contributed by atoms with van der Waals surface area (Å²) < 4.78 is 51.0. The van der Waals surface area contributed by atoms with Gasteiger partial charge >= 0.3 is 5.97 Å². The second-order valence-corrected chi connectivity index (χ2v) is 13.1. The monoisotopic (exact) mass is 594 g/mol. The molecule has 0 aromatic rings. The van der Waals surface area contributed by atoms with Crippen LogP contribution in [0.1, 0.15) is 53.4 Å². The largest absolute Gasteiger partial charge is 0.456 e. The number of hydrogen-bond acceptors (Lipinski definition) is 10. The zero-order valence-electron chi connectivity index (χ0n) is 25.1. The quantitative estimate of drug-likeness (QED) is 0.217. The van der Waals surface area contributed by atoms with Crippen LogP contribution >= 0.6 is 0 Å². The summed E-state index contributed by atoms with van der Waals surface area (Å²) in [6.07, 6.45) is 3.52. The van der Waals surface area contributed by atoms with Crippen LogP contribution in [0.2, 0.25) is 0 Å². The van der Waals surface area contributed by atoms with Crippen LogP contribution in [0.15, 0.2) is 23.8 Å². The molecule has 1 aliphatic heterocycles. The third-order valence-electron chi connectivity index (χ3n) is 10.4. The predicted molar refractivity (Wildman–Crippen MR) is 146 cm³/mol. The Balaban J connectivity index is 1.34. The number of aliphatic hydroxyl groups is 1. The van der Waals surface area contributed by atoms with Crippen molar-refractivity contribution in [2.24, 2.45) is 22.7 Å². The number of esters is 1. The van der Waals surface area contributed by atoms with Crippen LogP contribution in [0.3, 0.4) is 0 Å². The van der Waals surface area contributed by atoms with E-state index in [1.54, 1.807) is 34.0 Å². The Morgan fingerprint density at radius 1 is 1.07 bits per heavy atom. The number of aliphatic hydroxyl groups excluding tert-OH is 1. The molecular weight excluding hydrogens is 551 g/mol. The number of methoxy groups -OCH3 is 1. The lowest BCUT2D eigenvalue weighted by molar-refractivity contribution is -0.243. The van der Waals surface area contributed by atoms with Crippen LogP contribution in [0.25, 0.3) is 0 Å². The van der Waals surface area contributed by atoms with Crippen molar-refractivity contribution in [2.45, 2.75) is 82.6 Å². The van der Waals surface area contributed by atoms with Gasteiger partial charge in [-0.15, -0.1) is 0 Å². The Kier molecular flexibility index (Phi) is 8.35. The number of ether oxygens (including phenoxy) is 6. The fourth-order valence-corrected chi connectivity index (χ4v) is 8.53. The molecule has 10 nitrogen and oxygen atoms in total. The summed E-state index contributed by atoms with van der Waals surface area (Å²) in [6, 6.07) is 0. The molecule has 0 bridgehead atoms. The molecule has 0 spiro atoms. The number of alkyl halides is 1. The van der Waals surface area contributed by atoms with E-state index in [0.29, 0.717) is 31.6 Å². The van der Waals surface area contributed by atoms with Gasteiger partial charge in [-0.1, -0.05) is 24.6 Å². The van der Waals surface area contributed by atoms with E-state index in [-0.39, 0.29) is 44.4 Å². The van der Waals surface area contributed by atoms with Crippen molar-refractivity contribution in [1.29, 1.82) is 0 Å². The fourth-order valence-electron chi connectivity index (χ4n) is 8.53. The second kappa shape index (κ2) is 11.2. The van der Waals surface area contributed by atoms with Gasteiger partial charge in [0.15, 0.2) is 29.4 Å². The van der Waals surface area contributed by atoms with Gasteiger partial charge in [-0.05, 0) is 52.0 Å². The first-order valence-corrected chi connectivity index (χ1v) is 14.7. The lowest BCUT2D eigenvalue weighted by atomic mass is 9.45. The van der Waals surface area contributed by atoms with Crippen molar-refractivity contribution in [3.05, 3.63) is 23.8 Å². The van der Waals surface area contributed by atoms with Gasteiger partial charge in [-0.2, -0.15) is 0 Å². The molecule has 1 N–H and O–H groups in total. The Morgan fingerprint density at radius 3 is 2.52 bits per heavy atom. The standard InChI is InChI=1S/C31H43FO10/c1-27(2)41-25-15-22-21-7-6-19-14-20(33)8-9-28(19,3)30(21,32)23(34)16-29(22,4)31(25,42-27)24(35)17-40-26(36)18-39-13-12-38-11-10-37-5/h6,8-9,21-23,25,34H,7,10-18H2,1-5H3/t21?,22?,23-,25+,28?,29?,30-,31+/m0/s1. The van der Waals surface area contributed by atoms with Gasteiger partial charge in [0.1, 0.15) is 6.61 Å². The van der Waals surface area contributed by atoms with Crippen molar-refractivity contribution in [1.82, 2.24) is 0 Å². The molecule has 1 saturated heterocycles. The van der Waals surface area contributed by atoms with Crippen molar-refractivity contribution in [3.8, 4) is 0 Å². The highest BCUT2D eigenvalue weighted by Gasteiger charge is 2.80. The second-order valence-electron chi connectivity index (χ2n) is 13.1. The highest BCUT2D eigenvalue weighted by Crippen LogP contribution is 2.71. The van der Waals surface area contributed by atoms with E-state index in [1.807, 2.05) is 13.0 Å². The number of fused-ring (bicyclic) bond motifs is 7. The molecule has 234 valence electrons. The maximum Gasteiger partial charge on any atom is 0.332 e. The molecule has 0 aromatic carbocycles. The number of allylic oxidation sites excluding steroid dienone is 4. The number of rotatable bonds is 11. The third-order valence-corrected chi connectivity index (χ3v) is 10.4. The minimum atomic E-state index is -2.05. The minimum Gasteiger partial charge on any atom is -0.456 e. The number of ketones is 2. The number of hydrogen-bond donors (Lipinski definition) is 1. The number of Topliss-reactive ketones (excluding diaryl/α,β-unsaturated/α-hetero) is 1. The zero-order valence-corrected chi connectivity index (χ0v) is 25.1. The molecule has 0 amide bonds. The Labute approximate surface area is 245 Å². The first kappa shape index (κ1) is 31.4. The predicted octanol–water partition coefficient (Wildman–Crippen LogP) is 2.65. The maximum absolute atomic E-state index is 17.5. The van der Waals surface area contributed by atoms with Crippen LogP contribution in [0, 0.1) is 22.7 Å². The summed E-state index contributed by atoms with van der Waals surface area (Å²) >= 11 is 0. The molecule has 5 rings (SSSR count). The zero-order chi connectivity index (χ0) is 30.6. The van der Waals surface area contributed by atoms with Crippen LogP contribution in [0.5, 0.6) is 0 Å². The number of carbonyl (C=O) groups is 3. The molecule has 4 unspecified atom stereocenters. The van der Waals surface area contributed by atoms with E-state index in [1.165, 1.54) is 6.08 Å². The number of carbonyl (C=O) groups excluding carboxylic acids is 3. The highest BCUT2D eigenvalue weighted by atomic mass is 19.1. The van der Waals surface area contributed by atoms with Crippen LogP contribution in [-0.2, 0) is 42.8 Å². The summed E-state index contributed by atoms with van der Waals surface area (Å²) in [5.74, 6) is -3.43. The molecule has 5 aliphatic rings. The number of halogens is 1. The normalized spacial score (nSPS) is 41.4. The van der Waals surface area contributed by atoms with E-state index in [0.717, 1.165) is 0 Å². The summed E-state index contributed by atoms with van der Waals surface area (Å²) in [7, 11) is 1.57. The smallest absolute Gasteiger partial charge is 0.332 e. The Bertz CT molecular complexity index is 1170. The lowest BCUT2D eigenvalue weighted by Gasteiger charge is -2.62. The van der Waals surface area contributed by atoms with Crippen LogP contribution in [-0.4, -0.2) is 98.7 Å². The third kappa shape index (κ3) is 4.71. The SMILES string of the molecule is COCCOCCOCC(=O)OCC(=O)[C@@]12OC(C)(C)O[C@@H]1CC1C3CC=C4CC(=O)C=CC4(C)[C@@]3(F)[C@@H](O)CC12C. The van der Waals surface area contributed by atoms with Gasteiger partial charge in [0.25, 0.3) is 0 Å². The highest BCUT2D eigenvalue weighted by molar-refractivity contribution is 5.94. The summed E-state index contributed by atoms with van der Waals surface area (Å²) in [6.45, 7) is 7.43. The van der Waals surface area contributed by atoms with Gasteiger partial charge in [0.2, 0.25) is 5.78 Å².